The third kappa shape index (κ3) is 5.32. The van der Waals surface area contributed by atoms with Crippen molar-refractivity contribution in [1.82, 2.24) is 4.57 Å². The maximum Gasteiger partial charge on any atom is 0.0547 e. The van der Waals surface area contributed by atoms with Gasteiger partial charge in [-0.15, -0.1) is 0 Å². The van der Waals surface area contributed by atoms with Crippen molar-refractivity contribution in [2.24, 2.45) is 0 Å². The molecule has 0 atom stereocenters. The molecule has 2 heterocycles. The van der Waals surface area contributed by atoms with E-state index >= 15 is 0 Å². The zero-order valence-electron chi connectivity index (χ0n) is 31.6. The predicted octanol–water partition coefficient (Wildman–Crippen LogP) is 14.5. The number of anilines is 3. The van der Waals surface area contributed by atoms with E-state index in [9.17, 15) is 0 Å². The molecule has 0 radical (unpaired) electrons. The van der Waals surface area contributed by atoms with E-state index in [4.69, 9.17) is 0 Å². The van der Waals surface area contributed by atoms with Gasteiger partial charge in [-0.25, -0.2) is 0 Å². The Kier molecular flexibility index (Phi) is 7.66. The van der Waals surface area contributed by atoms with Gasteiger partial charge in [0.2, 0.25) is 0 Å². The van der Waals surface area contributed by atoms with Gasteiger partial charge in [0.1, 0.15) is 0 Å². The van der Waals surface area contributed by atoms with Gasteiger partial charge in [-0.05, 0) is 29.8 Å². The summed E-state index contributed by atoms with van der Waals surface area (Å²) in [4.78, 5) is 2.45. The van der Waals surface area contributed by atoms with Crippen molar-refractivity contribution in [3.8, 4) is 39.1 Å². The van der Waals surface area contributed by atoms with Gasteiger partial charge in [0, 0.05) is 16.5 Å². The van der Waals surface area contributed by atoms with E-state index in [0.717, 1.165) is 17.8 Å². The molecule has 1 aliphatic carbocycles. The first-order chi connectivity index (χ1) is 28.7. The Morgan fingerprint density at radius 2 is 0.983 bits per heavy atom. The molecule has 0 spiro atoms. The first-order valence-electron chi connectivity index (χ1n) is 20.0. The second kappa shape index (κ2) is 13.4. The van der Waals surface area contributed by atoms with Gasteiger partial charge in [0.15, 0.2) is 0 Å². The molecule has 3 heteroatoms. The molecule has 2 aromatic heterocycles. The Morgan fingerprint density at radius 3 is 1.78 bits per heavy atom. The number of para-hydroxylation sites is 2. The summed E-state index contributed by atoms with van der Waals surface area (Å²) in [5, 5.41) is 5.32. The summed E-state index contributed by atoms with van der Waals surface area (Å²) in [5.74, 6) is 0. The Morgan fingerprint density at radius 1 is 0.397 bits per heavy atom. The van der Waals surface area contributed by atoms with Crippen LogP contribution in [0.5, 0.6) is 0 Å². The quantitative estimate of drug-likeness (QED) is 0.152. The largest absolute Gasteiger partial charge is 0.0602 e. The molecule has 1 aliphatic rings. The van der Waals surface area contributed by atoms with Crippen LogP contribution in [0.3, 0.4) is 0 Å². The molecule has 9 aromatic carbocycles. The Bertz CT molecular complexity index is 3350. The number of aromatic nitrogens is 1. The predicted molar refractivity (Wildman–Crippen MR) is 247 cm³/mol. The van der Waals surface area contributed by atoms with Crippen molar-refractivity contribution in [2.45, 2.75) is 6.42 Å². The van der Waals surface area contributed by atoms with Crippen LogP contribution in [-0.4, -0.2) is 19.1 Å². The number of hydrogen-bond acceptors (Lipinski definition) is 1. The van der Waals surface area contributed by atoms with Crippen molar-refractivity contribution in [2.75, 3.05) is 4.90 Å². The fourth-order valence-corrected chi connectivity index (χ4v) is 11.7. The number of benzene rings is 9. The van der Waals surface area contributed by atoms with Gasteiger partial charge in [-0.3, -0.25) is 0 Å². The van der Waals surface area contributed by atoms with Crippen LogP contribution < -0.4 is 4.90 Å². The Labute approximate surface area is 343 Å². The van der Waals surface area contributed by atoms with E-state index in [1.165, 1.54) is 97.0 Å². The van der Waals surface area contributed by atoms with Gasteiger partial charge < -0.3 is 4.57 Å². The number of hydrogen-bond donors (Lipinski definition) is 0. The summed E-state index contributed by atoms with van der Waals surface area (Å²) in [6, 6.07) is 76.3. The SMILES string of the molecule is c1ccc(-n2c3ccccc3c3ccc(-c4ccc(N(c5ccc(-c6ccc7c(c6)[se]c6ccccc67)cc5)c5cccc6c5-c5ccccc5C6)cc4)cc32)cc1. The van der Waals surface area contributed by atoms with E-state index in [2.05, 4.69) is 216 Å². The van der Waals surface area contributed by atoms with Crippen molar-refractivity contribution in [3.63, 3.8) is 0 Å². The van der Waals surface area contributed by atoms with E-state index in [-0.39, 0.29) is 0 Å². The minimum Gasteiger partial charge on any atom is -0.0602 e. The second-order valence-electron chi connectivity index (χ2n) is 15.3. The summed E-state index contributed by atoms with van der Waals surface area (Å²) < 4.78 is 5.34. The minimum atomic E-state index is 0.334. The number of fused-ring (bicyclic) bond motifs is 9. The molecule has 58 heavy (non-hydrogen) atoms. The Balaban J connectivity index is 0.965. The van der Waals surface area contributed by atoms with Crippen molar-refractivity contribution < 1.29 is 0 Å². The summed E-state index contributed by atoms with van der Waals surface area (Å²) >= 11 is 0.334. The molecule has 0 amide bonds. The molecule has 272 valence electrons. The number of nitrogens with zero attached hydrogens (tertiary/aromatic N) is 2. The van der Waals surface area contributed by atoms with Gasteiger partial charge in [-0.1, -0.05) is 66.7 Å². The van der Waals surface area contributed by atoms with Crippen molar-refractivity contribution in [3.05, 3.63) is 217 Å². The van der Waals surface area contributed by atoms with E-state index < -0.39 is 0 Å². The van der Waals surface area contributed by atoms with Crippen LogP contribution in [0.15, 0.2) is 206 Å². The van der Waals surface area contributed by atoms with Crippen LogP contribution in [0.4, 0.5) is 17.1 Å². The molecule has 0 unspecified atom stereocenters. The summed E-state index contributed by atoms with van der Waals surface area (Å²) in [6.45, 7) is 0. The molecule has 0 aliphatic heterocycles. The maximum absolute atomic E-state index is 2.45. The fourth-order valence-electron chi connectivity index (χ4n) is 9.30. The van der Waals surface area contributed by atoms with Crippen molar-refractivity contribution >= 4 is 72.7 Å². The van der Waals surface area contributed by atoms with Gasteiger partial charge in [0.05, 0.1) is 11.0 Å². The summed E-state index contributed by atoms with van der Waals surface area (Å²) in [7, 11) is 0. The van der Waals surface area contributed by atoms with Crippen molar-refractivity contribution in [1.29, 1.82) is 0 Å². The van der Waals surface area contributed by atoms with Gasteiger partial charge in [0.25, 0.3) is 0 Å². The average Bonchev–Trinajstić information content (AvgIpc) is 3.97. The van der Waals surface area contributed by atoms with E-state index in [1.807, 2.05) is 0 Å². The topological polar surface area (TPSA) is 8.17 Å². The van der Waals surface area contributed by atoms with Crippen LogP contribution in [-0.2, 0) is 6.42 Å². The van der Waals surface area contributed by atoms with Crippen LogP contribution in [0.2, 0.25) is 0 Å². The van der Waals surface area contributed by atoms with Gasteiger partial charge in [-0.2, -0.15) is 0 Å². The zero-order valence-corrected chi connectivity index (χ0v) is 33.4. The standard InChI is InChI=1S/C55H36N2Se/c1-2-13-42(14-3-1)57-50-18-8-6-16-46(50)47-31-25-38(34-52(47)57)36-21-27-43(28-22-36)56(51-19-10-12-41-33-40-11-4-5-15-45(40)55(41)51)44-29-23-37(24-30-44)39-26-32-49-48-17-7-9-20-53(48)58-54(49)35-39/h1-32,34-35H,33H2. The molecular weight excluding hydrogens is 768 g/mol. The molecule has 0 saturated carbocycles. The summed E-state index contributed by atoms with van der Waals surface area (Å²) in [6.07, 6.45) is 0.955. The van der Waals surface area contributed by atoms with Gasteiger partial charge >= 0.3 is 216 Å². The normalized spacial score (nSPS) is 12.1. The average molecular weight is 804 g/mol. The molecule has 0 fully saturated rings. The monoisotopic (exact) mass is 804 g/mol. The van der Waals surface area contributed by atoms with Crippen LogP contribution in [0.1, 0.15) is 11.1 Å². The third-order valence-electron chi connectivity index (χ3n) is 12.0. The molecule has 0 N–H and O–H groups in total. The molecular formula is C55H36N2Se. The Hall–Kier alpha value is -6.90. The molecule has 0 saturated heterocycles. The summed E-state index contributed by atoms with van der Waals surface area (Å²) in [5.41, 5.74) is 17.4. The number of rotatable bonds is 6. The first-order valence-corrected chi connectivity index (χ1v) is 21.7. The zero-order chi connectivity index (χ0) is 38.2. The maximum atomic E-state index is 2.45. The molecule has 0 bridgehead atoms. The first kappa shape index (κ1) is 33.3. The van der Waals surface area contributed by atoms with Crippen LogP contribution in [0, 0.1) is 0 Å². The molecule has 12 rings (SSSR count). The van der Waals surface area contributed by atoms with Crippen LogP contribution >= 0.6 is 0 Å². The van der Waals surface area contributed by atoms with E-state index in [1.54, 1.807) is 0 Å². The smallest absolute Gasteiger partial charge is 0.0547 e. The third-order valence-corrected chi connectivity index (χ3v) is 14.4. The van der Waals surface area contributed by atoms with Crippen LogP contribution in [0.25, 0.3) is 80.2 Å². The fraction of sp³-hybridized carbons (Fsp3) is 0.0182. The van der Waals surface area contributed by atoms with E-state index in [0.29, 0.717) is 14.5 Å². The molecule has 11 aromatic rings. The second-order valence-corrected chi connectivity index (χ2v) is 17.6. The minimum absolute atomic E-state index is 0.334. The molecule has 2 nitrogen and oxygen atoms in total.